The van der Waals surface area contributed by atoms with Crippen molar-refractivity contribution >= 4 is 23.4 Å². The molecular formula is C34H40ClN3O5. The molecule has 2 heterocycles. The van der Waals surface area contributed by atoms with Crippen LogP contribution in [0.2, 0.25) is 5.02 Å². The number of halogens is 1. The molecule has 2 aliphatic heterocycles. The van der Waals surface area contributed by atoms with Crippen molar-refractivity contribution in [3.05, 3.63) is 88.4 Å². The highest BCUT2D eigenvalue weighted by Crippen LogP contribution is 2.42. The third-order valence-electron chi connectivity index (χ3n) is 9.42. The number of hydrogen-bond donors (Lipinski definition) is 1. The van der Waals surface area contributed by atoms with Crippen LogP contribution in [0, 0.1) is 0 Å². The lowest BCUT2D eigenvalue weighted by Crippen LogP contribution is -2.50. The van der Waals surface area contributed by atoms with Crippen molar-refractivity contribution in [3.8, 4) is 17.2 Å². The van der Waals surface area contributed by atoms with Crippen LogP contribution in [0.4, 0.5) is 0 Å². The zero-order valence-electron chi connectivity index (χ0n) is 25.1. The maximum absolute atomic E-state index is 13.8. The van der Waals surface area contributed by atoms with Gasteiger partial charge in [0.25, 0.3) is 5.91 Å². The molecule has 0 spiro atoms. The molecule has 0 saturated carbocycles. The van der Waals surface area contributed by atoms with Gasteiger partial charge in [0.2, 0.25) is 11.7 Å². The number of benzene rings is 3. The van der Waals surface area contributed by atoms with Crippen molar-refractivity contribution in [1.82, 2.24) is 9.80 Å². The summed E-state index contributed by atoms with van der Waals surface area (Å²) in [6.07, 6.45) is 3.06. The smallest absolute Gasteiger partial charge is 0.254 e. The van der Waals surface area contributed by atoms with Gasteiger partial charge in [-0.1, -0.05) is 54.1 Å². The Morgan fingerprint density at radius 1 is 0.837 bits per heavy atom. The first-order valence-electron chi connectivity index (χ1n) is 14.7. The Labute approximate surface area is 258 Å². The molecule has 43 heavy (non-hydrogen) atoms. The number of methoxy groups -OCH3 is 3. The highest BCUT2D eigenvalue weighted by Gasteiger charge is 2.44. The molecule has 2 saturated heterocycles. The molecule has 9 heteroatoms. The molecule has 2 aliphatic rings. The quantitative estimate of drug-likeness (QED) is 0.347. The molecule has 3 aromatic carbocycles. The van der Waals surface area contributed by atoms with Gasteiger partial charge in [-0.2, -0.15) is 0 Å². The van der Waals surface area contributed by atoms with Gasteiger partial charge in [0.1, 0.15) is 0 Å². The van der Waals surface area contributed by atoms with Crippen molar-refractivity contribution in [2.75, 3.05) is 54.1 Å². The van der Waals surface area contributed by atoms with Crippen LogP contribution in [0.15, 0.2) is 66.7 Å². The van der Waals surface area contributed by atoms with Crippen LogP contribution in [-0.4, -0.2) is 75.7 Å². The molecule has 228 valence electrons. The topological polar surface area (TPSA) is 94.3 Å². The van der Waals surface area contributed by atoms with E-state index in [1.54, 1.807) is 33.5 Å². The monoisotopic (exact) mass is 605 g/mol. The maximum Gasteiger partial charge on any atom is 0.254 e. The fraction of sp³-hybridized carbons (Fsp3) is 0.412. The number of hydrogen-bond acceptors (Lipinski definition) is 6. The molecule has 2 N–H and O–H groups in total. The minimum Gasteiger partial charge on any atom is -0.493 e. The van der Waals surface area contributed by atoms with Crippen molar-refractivity contribution in [2.24, 2.45) is 5.73 Å². The van der Waals surface area contributed by atoms with Crippen LogP contribution in [0.5, 0.6) is 17.2 Å². The van der Waals surface area contributed by atoms with Crippen molar-refractivity contribution in [3.63, 3.8) is 0 Å². The van der Waals surface area contributed by atoms with Gasteiger partial charge in [-0.3, -0.25) is 9.59 Å². The van der Waals surface area contributed by atoms with Crippen molar-refractivity contribution in [1.29, 1.82) is 0 Å². The van der Waals surface area contributed by atoms with E-state index >= 15 is 0 Å². The zero-order valence-corrected chi connectivity index (χ0v) is 25.9. The molecule has 0 radical (unpaired) electrons. The van der Waals surface area contributed by atoms with Gasteiger partial charge in [0.15, 0.2) is 11.5 Å². The minimum atomic E-state index is -0.636. The number of likely N-dealkylation sites (tertiary alicyclic amines) is 2. The summed E-state index contributed by atoms with van der Waals surface area (Å²) in [7, 11) is 4.63. The van der Waals surface area contributed by atoms with Crippen LogP contribution in [0.1, 0.15) is 47.2 Å². The molecular weight excluding hydrogens is 566 g/mol. The van der Waals surface area contributed by atoms with E-state index in [1.807, 2.05) is 47.4 Å². The van der Waals surface area contributed by atoms with E-state index < -0.39 is 5.41 Å². The fourth-order valence-corrected chi connectivity index (χ4v) is 6.91. The van der Waals surface area contributed by atoms with Crippen LogP contribution >= 0.6 is 11.6 Å². The summed E-state index contributed by atoms with van der Waals surface area (Å²) in [5.74, 6) is 1.00. The van der Waals surface area contributed by atoms with Gasteiger partial charge in [0.05, 0.1) is 26.7 Å². The summed E-state index contributed by atoms with van der Waals surface area (Å²) in [5.41, 5.74) is 7.76. The van der Waals surface area contributed by atoms with Crippen LogP contribution in [0.25, 0.3) is 0 Å². The molecule has 1 unspecified atom stereocenters. The number of carbonyl (C=O) groups is 2. The Kier molecular flexibility index (Phi) is 9.18. The molecule has 2 amide bonds. The number of rotatable bonds is 10. The van der Waals surface area contributed by atoms with E-state index in [0.717, 1.165) is 38.0 Å². The van der Waals surface area contributed by atoms with Gasteiger partial charge in [-0.25, -0.2) is 0 Å². The summed E-state index contributed by atoms with van der Waals surface area (Å²) >= 11 is 6.26. The highest BCUT2D eigenvalue weighted by atomic mass is 35.5. The number of ether oxygens (including phenoxy) is 3. The van der Waals surface area contributed by atoms with E-state index in [2.05, 4.69) is 17.0 Å². The molecule has 1 atom stereocenters. The van der Waals surface area contributed by atoms with Gasteiger partial charge in [-0.15, -0.1) is 0 Å². The average Bonchev–Trinajstić information content (AvgIpc) is 3.49. The second-order valence-corrected chi connectivity index (χ2v) is 12.0. The normalized spacial score (nSPS) is 20.0. The Morgan fingerprint density at radius 2 is 1.47 bits per heavy atom. The Morgan fingerprint density at radius 3 is 2.02 bits per heavy atom. The molecule has 5 rings (SSSR count). The van der Waals surface area contributed by atoms with E-state index in [4.69, 9.17) is 31.5 Å². The largest absolute Gasteiger partial charge is 0.493 e. The lowest BCUT2D eigenvalue weighted by Gasteiger charge is -2.41. The fourth-order valence-electron chi connectivity index (χ4n) is 6.79. The zero-order chi connectivity index (χ0) is 30.6. The number of piperidine rings is 1. The molecule has 0 aliphatic carbocycles. The second-order valence-electron chi connectivity index (χ2n) is 11.6. The average molecular weight is 606 g/mol. The van der Waals surface area contributed by atoms with E-state index in [1.165, 1.54) is 5.56 Å². The lowest BCUT2D eigenvalue weighted by atomic mass is 9.71. The Balaban J connectivity index is 1.34. The molecule has 3 aromatic rings. The summed E-state index contributed by atoms with van der Waals surface area (Å²) in [6, 6.07) is 21.3. The van der Waals surface area contributed by atoms with Crippen LogP contribution in [0.3, 0.4) is 0 Å². The predicted molar refractivity (Wildman–Crippen MR) is 167 cm³/mol. The number of nitrogens with two attached hydrogens (primary N) is 1. The summed E-state index contributed by atoms with van der Waals surface area (Å²) in [6.45, 7) is 3.60. The molecule has 0 aromatic heterocycles. The van der Waals surface area contributed by atoms with E-state index in [0.29, 0.717) is 53.8 Å². The van der Waals surface area contributed by atoms with Crippen LogP contribution < -0.4 is 19.9 Å². The summed E-state index contributed by atoms with van der Waals surface area (Å²) < 4.78 is 16.4. The maximum atomic E-state index is 13.8. The van der Waals surface area contributed by atoms with Crippen molar-refractivity contribution < 1.29 is 23.8 Å². The molecule has 2 fully saturated rings. The minimum absolute atomic E-state index is 0.0813. The standard InChI is InChI=1S/C34H40ClN3O5/c1-41-28-21-24(22-29(42-2)30(28)43-3)31(39)38-20-14-33(23-38,25-9-11-27(35)12-10-25)13-17-37-18-15-34(16-19-37,32(36)40)26-7-5-4-6-8-26/h4-12,21-22H,13-20,23H2,1-3H3,(H2,36,40). The Hall–Kier alpha value is -3.75. The Bertz CT molecular complexity index is 1420. The van der Waals surface area contributed by atoms with E-state index in [-0.39, 0.29) is 17.2 Å². The number of primary amides is 1. The number of carbonyl (C=O) groups excluding carboxylic acids is 2. The highest BCUT2D eigenvalue weighted by molar-refractivity contribution is 6.30. The predicted octanol–water partition coefficient (Wildman–Crippen LogP) is 5.06. The summed E-state index contributed by atoms with van der Waals surface area (Å²) in [4.78, 5) is 30.8. The molecule has 8 nitrogen and oxygen atoms in total. The second kappa shape index (κ2) is 12.9. The van der Waals surface area contributed by atoms with Crippen molar-refractivity contribution in [2.45, 2.75) is 36.5 Å². The van der Waals surface area contributed by atoms with E-state index in [9.17, 15) is 9.59 Å². The molecule has 0 bridgehead atoms. The third-order valence-corrected chi connectivity index (χ3v) is 9.68. The summed E-state index contributed by atoms with van der Waals surface area (Å²) in [5, 5.41) is 0.682. The third kappa shape index (κ3) is 6.04. The van der Waals surface area contributed by atoms with Crippen LogP contribution in [-0.2, 0) is 15.6 Å². The lowest BCUT2D eigenvalue weighted by molar-refractivity contribution is -0.125. The first kappa shape index (κ1) is 30.7. The first-order chi connectivity index (χ1) is 20.7. The first-order valence-corrected chi connectivity index (χ1v) is 15.1. The SMILES string of the molecule is COc1cc(C(=O)N2CCC(CCN3CCC(C(N)=O)(c4ccccc4)CC3)(c3ccc(Cl)cc3)C2)cc(OC)c1OC. The van der Waals surface area contributed by atoms with Gasteiger partial charge in [-0.05, 0) is 80.7 Å². The number of amides is 2. The van der Waals surface area contributed by atoms with Gasteiger partial charge in [0, 0.05) is 29.1 Å². The van der Waals surface area contributed by atoms with Gasteiger partial charge >= 0.3 is 0 Å². The number of nitrogens with zero attached hydrogens (tertiary/aromatic N) is 2. The van der Waals surface area contributed by atoms with Gasteiger partial charge < -0.3 is 29.7 Å².